The van der Waals surface area contributed by atoms with Crippen molar-refractivity contribution < 1.29 is 15.1 Å². The van der Waals surface area contributed by atoms with Crippen LogP contribution in [0.3, 0.4) is 0 Å². The predicted molar refractivity (Wildman–Crippen MR) is 89.8 cm³/mol. The van der Waals surface area contributed by atoms with Crippen molar-refractivity contribution in [2.45, 2.75) is 71.1 Å². The minimum atomic E-state index is -1.50. The van der Waals surface area contributed by atoms with Crippen LogP contribution in [0.25, 0.3) is 0 Å². The second kappa shape index (κ2) is 19.9. The number of rotatable bonds is 13. The normalized spacial score (nSPS) is 9.96. The summed E-state index contributed by atoms with van der Waals surface area (Å²) >= 11 is 0. The van der Waals surface area contributed by atoms with Crippen LogP contribution in [0, 0.1) is 10.1 Å². The van der Waals surface area contributed by atoms with E-state index in [-0.39, 0.29) is 0 Å². The lowest BCUT2D eigenvalue weighted by Gasteiger charge is -2.02. The van der Waals surface area contributed by atoms with Gasteiger partial charge in [0.25, 0.3) is 5.09 Å². The number of hydrogen-bond acceptors (Lipinski definition) is 5. The van der Waals surface area contributed by atoms with E-state index in [0.717, 1.165) is 13.0 Å². The van der Waals surface area contributed by atoms with E-state index in [4.69, 9.17) is 21.1 Å². The number of hydrogen-bond donors (Lipinski definition) is 4. The Balaban J connectivity index is 0. The number of carbonyl (C=O) groups excluding carboxylic acids is 1. The number of hydrazone groups is 1. The summed E-state index contributed by atoms with van der Waals surface area (Å²) in [6.45, 7) is 3.09. The average Bonchev–Trinajstić information content (AvgIpc) is 2.47. The maximum absolute atomic E-state index is 10.3. The molecule has 0 aliphatic carbocycles. The molecule has 0 aliphatic heterocycles. The smallest absolute Gasteiger partial charge is 0.317 e. The largest absolute Gasteiger partial charge is 0.351 e. The van der Waals surface area contributed by atoms with E-state index >= 15 is 0 Å². The van der Waals surface area contributed by atoms with Gasteiger partial charge in [-0.25, -0.2) is 4.79 Å². The molecule has 0 heterocycles. The molecule has 0 rings (SSSR count). The lowest BCUT2D eigenvalue weighted by Crippen LogP contribution is -2.28. The van der Waals surface area contributed by atoms with Crippen LogP contribution < -0.4 is 16.5 Å². The van der Waals surface area contributed by atoms with Crippen LogP contribution in [0.2, 0.25) is 0 Å². The van der Waals surface area contributed by atoms with E-state index in [2.05, 4.69) is 22.8 Å². The number of nitrogens with zero attached hydrogens (tertiary/aromatic N) is 2. The molecule has 0 saturated carbocycles. The summed E-state index contributed by atoms with van der Waals surface area (Å²) in [5.74, 6) is 0. The minimum absolute atomic E-state index is 0.593. The van der Waals surface area contributed by atoms with Gasteiger partial charge < -0.3 is 16.4 Å². The summed E-state index contributed by atoms with van der Waals surface area (Å²) in [6, 6.07) is -0.593. The molecule has 0 aromatic heterocycles. The first-order valence-electron chi connectivity index (χ1n) is 8.14. The van der Waals surface area contributed by atoms with Crippen molar-refractivity contribution in [3.63, 3.8) is 0 Å². The van der Waals surface area contributed by atoms with Gasteiger partial charge in [-0.15, -0.1) is 10.1 Å². The Morgan fingerprint density at radius 1 is 1.13 bits per heavy atom. The summed E-state index contributed by atoms with van der Waals surface area (Å²) in [4.78, 5) is 18.7. The number of urea groups is 1. The fraction of sp³-hybridized carbons (Fsp3) is 0.857. The number of nitrogens with one attached hydrogen (secondary N) is 2. The van der Waals surface area contributed by atoms with Gasteiger partial charge in [-0.05, 0) is 6.42 Å². The fourth-order valence-corrected chi connectivity index (χ4v) is 1.90. The summed E-state index contributed by atoms with van der Waals surface area (Å²) in [6.07, 6.45) is 14.6. The standard InChI is InChI=1S/C14H30N4O.HNO3/c1-2-3-4-5-6-7-8-9-10-11-12-17-18-13-16-14(15)19;2-1(3)4/h13,17H,2-12H2,1H3,(H3,15,16,18,19);(H,2,3,4). The molecule has 0 unspecified atom stereocenters. The third-order valence-corrected chi connectivity index (χ3v) is 3.00. The number of nitrogens with two attached hydrogens (primary N) is 1. The van der Waals surface area contributed by atoms with Gasteiger partial charge in [0.2, 0.25) is 0 Å². The molecular weight excluding hydrogens is 302 g/mol. The van der Waals surface area contributed by atoms with Gasteiger partial charge in [-0.2, -0.15) is 5.10 Å². The SMILES string of the molecule is CCCCCCCCCCCCNN=CNC(N)=O.O=[N+]([O-])O. The molecule has 2 amide bonds. The van der Waals surface area contributed by atoms with E-state index in [9.17, 15) is 4.79 Å². The zero-order valence-corrected chi connectivity index (χ0v) is 14.0. The van der Waals surface area contributed by atoms with Crippen LogP contribution in [0.1, 0.15) is 71.1 Å². The molecular formula is C14H31N5O4. The van der Waals surface area contributed by atoms with E-state index in [0.29, 0.717) is 0 Å². The molecule has 0 saturated heterocycles. The molecule has 0 fully saturated rings. The quantitative estimate of drug-likeness (QED) is 0.135. The summed E-state index contributed by atoms with van der Waals surface area (Å²) < 4.78 is 0. The summed E-state index contributed by atoms with van der Waals surface area (Å²) in [5.41, 5.74) is 7.74. The molecule has 136 valence electrons. The first-order valence-corrected chi connectivity index (χ1v) is 8.14. The lowest BCUT2D eigenvalue weighted by atomic mass is 10.1. The molecule has 0 atom stereocenters. The van der Waals surface area contributed by atoms with Gasteiger partial charge in [0.15, 0.2) is 0 Å². The zero-order chi connectivity index (χ0) is 17.8. The monoisotopic (exact) mass is 333 g/mol. The second-order valence-electron chi connectivity index (χ2n) is 5.09. The average molecular weight is 333 g/mol. The third kappa shape index (κ3) is 33.0. The Kier molecular flexibility index (Phi) is 20.1. The highest BCUT2D eigenvalue weighted by molar-refractivity contribution is 5.84. The number of primary amides is 1. The van der Waals surface area contributed by atoms with Crippen molar-refractivity contribution in [2.75, 3.05) is 6.54 Å². The Bertz CT molecular complexity index is 310. The molecule has 0 aromatic carbocycles. The molecule has 0 radical (unpaired) electrons. The maximum Gasteiger partial charge on any atom is 0.317 e. The van der Waals surface area contributed by atoms with Crippen molar-refractivity contribution in [3.8, 4) is 0 Å². The van der Waals surface area contributed by atoms with Crippen molar-refractivity contribution >= 4 is 12.4 Å². The van der Waals surface area contributed by atoms with Crippen molar-refractivity contribution in [1.82, 2.24) is 10.7 Å². The molecule has 23 heavy (non-hydrogen) atoms. The first-order chi connectivity index (χ1) is 11.0. The predicted octanol–water partition coefficient (Wildman–Crippen LogP) is 2.76. The molecule has 0 aliphatic rings. The summed E-state index contributed by atoms with van der Waals surface area (Å²) in [7, 11) is 0. The van der Waals surface area contributed by atoms with Gasteiger partial charge in [0.1, 0.15) is 6.34 Å². The third-order valence-electron chi connectivity index (χ3n) is 3.00. The summed E-state index contributed by atoms with van der Waals surface area (Å²) in [5, 5.41) is 19.7. The van der Waals surface area contributed by atoms with Crippen LogP contribution in [0.5, 0.6) is 0 Å². The van der Waals surface area contributed by atoms with Crippen molar-refractivity contribution in [2.24, 2.45) is 10.8 Å². The zero-order valence-electron chi connectivity index (χ0n) is 14.0. The van der Waals surface area contributed by atoms with Crippen molar-refractivity contribution in [1.29, 1.82) is 0 Å². The Labute approximate surface area is 137 Å². The first kappa shape index (κ1) is 23.2. The maximum atomic E-state index is 10.3. The van der Waals surface area contributed by atoms with Crippen LogP contribution >= 0.6 is 0 Å². The van der Waals surface area contributed by atoms with E-state index in [1.165, 1.54) is 64.1 Å². The Hall–Kier alpha value is -2.06. The van der Waals surface area contributed by atoms with Gasteiger partial charge in [-0.3, -0.25) is 5.32 Å². The van der Waals surface area contributed by atoms with Crippen LogP contribution in [0.15, 0.2) is 5.10 Å². The molecule has 9 heteroatoms. The molecule has 0 bridgehead atoms. The molecule has 0 aromatic rings. The topological polar surface area (TPSA) is 143 Å². The van der Waals surface area contributed by atoms with Gasteiger partial charge in [0.05, 0.1) is 0 Å². The molecule has 5 N–H and O–H groups in total. The van der Waals surface area contributed by atoms with E-state index in [1.54, 1.807) is 0 Å². The fourth-order valence-electron chi connectivity index (χ4n) is 1.90. The molecule has 9 nitrogen and oxygen atoms in total. The van der Waals surface area contributed by atoms with Crippen LogP contribution in [-0.4, -0.2) is 29.2 Å². The highest BCUT2D eigenvalue weighted by Crippen LogP contribution is 2.10. The van der Waals surface area contributed by atoms with E-state index in [1.807, 2.05) is 0 Å². The number of unbranched alkanes of at least 4 members (excludes halogenated alkanes) is 9. The highest BCUT2D eigenvalue weighted by Gasteiger charge is 1.92. The van der Waals surface area contributed by atoms with Gasteiger partial charge >= 0.3 is 6.03 Å². The number of amides is 2. The minimum Gasteiger partial charge on any atom is -0.351 e. The highest BCUT2D eigenvalue weighted by atomic mass is 16.9. The number of carbonyl (C=O) groups is 1. The Morgan fingerprint density at radius 3 is 2.00 bits per heavy atom. The van der Waals surface area contributed by atoms with Crippen LogP contribution in [-0.2, 0) is 0 Å². The Morgan fingerprint density at radius 2 is 1.57 bits per heavy atom. The lowest BCUT2D eigenvalue weighted by molar-refractivity contribution is -0.742. The van der Waals surface area contributed by atoms with Gasteiger partial charge in [-0.1, -0.05) is 64.7 Å². The van der Waals surface area contributed by atoms with Crippen molar-refractivity contribution in [3.05, 3.63) is 10.1 Å². The molecule has 0 spiro atoms. The van der Waals surface area contributed by atoms with E-state index < -0.39 is 11.1 Å². The van der Waals surface area contributed by atoms with Crippen LogP contribution in [0.4, 0.5) is 4.79 Å². The van der Waals surface area contributed by atoms with Gasteiger partial charge in [0, 0.05) is 6.54 Å². The second-order valence-corrected chi connectivity index (χ2v) is 5.09.